The second kappa shape index (κ2) is 6.24. The lowest BCUT2D eigenvalue weighted by atomic mass is 10.1. The number of ketones is 1. The fourth-order valence-corrected chi connectivity index (χ4v) is 3.96. The molecule has 114 valence electrons. The summed E-state index contributed by atoms with van der Waals surface area (Å²) < 4.78 is 2.24. The first-order valence-corrected chi connectivity index (χ1v) is 8.39. The molecule has 1 aromatic carbocycles. The Morgan fingerprint density at radius 1 is 1.32 bits per heavy atom. The third-order valence-corrected chi connectivity index (χ3v) is 5.08. The molecule has 0 radical (unpaired) electrons. The summed E-state index contributed by atoms with van der Waals surface area (Å²) in [6.45, 7) is 3.64. The molecule has 0 fully saturated rings. The topological polar surface area (TPSA) is 48.0 Å². The normalized spacial score (nSPS) is 11.2. The van der Waals surface area contributed by atoms with Crippen molar-refractivity contribution in [1.29, 1.82) is 0 Å². The number of thiophene rings is 1. The molecule has 2 N–H and O–H groups in total. The molecule has 0 bridgehead atoms. The van der Waals surface area contributed by atoms with Gasteiger partial charge in [0.1, 0.15) is 4.83 Å². The highest BCUT2D eigenvalue weighted by Gasteiger charge is 2.16. The number of hydrogen-bond donors (Lipinski definition) is 1. The quantitative estimate of drug-likeness (QED) is 0.710. The smallest absolute Gasteiger partial charge is 0.203 e. The largest absolute Gasteiger partial charge is 0.337 e. The lowest BCUT2D eigenvalue weighted by molar-refractivity contribution is 0.104. The number of halogens is 1. The highest BCUT2D eigenvalue weighted by Crippen LogP contribution is 2.31. The van der Waals surface area contributed by atoms with E-state index in [0.717, 1.165) is 28.1 Å². The zero-order valence-electron chi connectivity index (χ0n) is 12.3. The van der Waals surface area contributed by atoms with Crippen molar-refractivity contribution in [3.05, 3.63) is 57.6 Å². The summed E-state index contributed by atoms with van der Waals surface area (Å²) in [6, 6.07) is 11.2. The Morgan fingerprint density at radius 3 is 2.86 bits per heavy atom. The van der Waals surface area contributed by atoms with Crippen molar-refractivity contribution in [1.82, 2.24) is 4.57 Å². The summed E-state index contributed by atoms with van der Waals surface area (Å²) in [4.78, 5) is 14.5. The summed E-state index contributed by atoms with van der Waals surface area (Å²) >= 11 is 7.51. The molecule has 0 amide bonds. The van der Waals surface area contributed by atoms with Crippen molar-refractivity contribution in [2.75, 3.05) is 6.54 Å². The van der Waals surface area contributed by atoms with E-state index in [-0.39, 0.29) is 5.78 Å². The van der Waals surface area contributed by atoms with Crippen molar-refractivity contribution in [3.8, 4) is 0 Å². The van der Waals surface area contributed by atoms with Crippen molar-refractivity contribution in [3.63, 3.8) is 0 Å². The summed E-state index contributed by atoms with van der Waals surface area (Å²) in [5, 5.41) is 1.69. The Bertz CT molecular complexity index is 834. The second-order valence-corrected chi connectivity index (χ2v) is 6.76. The fraction of sp³-hybridized carbons (Fsp3) is 0.235. The second-order valence-electron chi connectivity index (χ2n) is 5.29. The van der Waals surface area contributed by atoms with E-state index in [1.807, 2.05) is 6.07 Å². The zero-order valence-corrected chi connectivity index (χ0v) is 13.9. The Labute approximate surface area is 138 Å². The molecule has 0 atom stereocenters. The standard InChI is InChI=1S/C17H17ClN2OS/c1-11-8-13-10-15(22-17(13)20(11)7-3-6-19)16(21)12-4-2-5-14(18)9-12/h2,4-5,8-10H,3,6-7,19H2,1H3. The van der Waals surface area contributed by atoms with Crippen LogP contribution in [0.15, 0.2) is 36.4 Å². The number of benzene rings is 1. The van der Waals surface area contributed by atoms with E-state index in [9.17, 15) is 4.79 Å². The average Bonchev–Trinajstić information content (AvgIpc) is 3.02. The lowest BCUT2D eigenvalue weighted by Crippen LogP contribution is -2.06. The van der Waals surface area contributed by atoms with Crippen LogP contribution in [0.2, 0.25) is 5.02 Å². The van der Waals surface area contributed by atoms with Gasteiger partial charge in [0, 0.05) is 28.2 Å². The van der Waals surface area contributed by atoms with Crippen molar-refractivity contribution < 1.29 is 4.79 Å². The molecule has 0 spiro atoms. The fourth-order valence-electron chi connectivity index (χ4n) is 2.58. The van der Waals surface area contributed by atoms with Gasteiger partial charge < -0.3 is 10.3 Å². The number of carbonyl (C=O) groups is 1. The van der Waals surface area contributed by atoms with E-state index in [0.29, 0.717) is 17.1 Å². The van der Waals surface area contributed by atoms with Crippen LogP contribution in [0.5, 0.6) is 0 Å². The maximum atomic E-state index is 12.6. The van der Waals surface area contributed by atoms with Gasteiger partial charge in [-0.15, -0.1) is 11.3 Å². The highest BCUT2D eigenvalue weighted by atomic mass is 35.5. The van der Waals surface area contributed by atoms with E-state index >= 15 is 0 Å². The Morgan fingerprint density at radius 2 is 2.14 bits per heavy atom. The predicted octanol–water partition coefficient (Wildman–Crippen LogP) is 4.24. The lowest BCUT2D eigenvalue weighted by Gasteiger charge is -2.05. The van der Waals surface area contributed by atoms with Crippen LogP contribution in [0.1, 0.15) is 27.3 Å². The van der Waals surface area contributed by atoms with Crippen LogP contribution in [0.25, 0.3) is 10.2 Å². The van der Waals surface area contributed by atoms with Gasteiger partial charge >= 0.3 is 0 Å². The molecule has 5 heteroatoms. The number of rotatable bonds is 5. The van der Waals surface area contributed by atoms with E-state index in [1.54, 1.807) is 24.3 Å². The number of nitrogens with two attached hydrogens (primary N) is 1. The maximum Gasteiger partial charge on any atom is 0.203 e. The first-order chi connectivity index (χ1) is 10.6. The number of nitrogens with zero attached hydrogens (tertiary/aromatic N) is 1. The third kappa shape index (κ3) is 2.82. The van der Waals surface area contributed by atoms with Gasteiger partial charge in [-0.2, -0.15) is 0 Å². The van der Waals surface area contributed by atoms with Gasteiger partial charge in [-0.25, -0.2) is 0 Å². The molecule has 2 aromatic heterocycles. The van der Waals surface area contributed by atoms with Gasteiger partial charge in [0.05, 0.1) is 4.88 Å². The predicted molar refractivity (Wildman–Crippen MR) is 93.1 cm³/mol. The van der Waals surface area contributed by atoms with Gasteiger partial charge in [0.2, 0.25) is 5.78 Å². The van der Waals surface area contributed by atoms with Gasteiger partial charge in [-0.3, -0.25) is 4.79 Å². The van der Waals surface area contributed by atoms with Crippen LogP contribution in [0, 0.1) is 6.92 Å². The Hall–Kier alpha value is -1.62. The SMILES string of the molecule is Cc1cc2cc(C(=O)c3cccc(Cl)c3)sc2n1CCCN. The van der Waals surface area contributed by atoms with Gasteiger partial charge in [-0.1, -0.05) is 23.7 Å². The van der Waals surface area contributed by atoms with Crippen molar-refractivity contribution in [2.24, 2.45) is 5.73 Å². The van der Waals surface area contributed by atoms with Crippen LogP contribution in [0.3, 0.4) is 0 Å². The molecule has 3 aromatic rings. The molecule has 0 unspecified atom stereocenters. The number of aryl methyl sites for hydroxylation is 2. The monoisotopic (exact) mass is 332 g/mol. The van der Waals surface area contributed by atoms with Crippen LogP contribution >= 0.6 is 22.9 Å². The molecule has 0 aliphatic rings. The Balaban J connectivity index is 1.98. The zero-order chi connectivity index (χ0) is 15.7. The number of aromatic nitrogens is 1. The van der Waals surface area contributed by atoms with Crippen molar-refractivity contribution in [2.45, 2.75) is 19.9 Å². The van der Waals surface area contributed by atoms with E-state index in [4.69, 9.17) is 17.3 Å². The Kier molecular flexibility index (Phi) is 4.34. The van der Waals surface area contributed by atoms with Crippen LogP contribution < -0.4 is 5.73 Å². The number of carbonyl (C=O) groups excluding carboxylic acids is 1. The van der Waals surface area contributed by atoms with Crippen LogP contribution in [-0.4, -0.2) is 16.9 Å². The molecule has 0 saturated heterocycles. The maximum absolute atomic E-state index is 12.6. The minimum Gasteiger partial charge on any atom is -0.337 e. The summed E-state index contributed by atoms with van der Waals surface area (Å²) in [7, 11) is 0. The molecular weight excluding hydrogens is 316 g/mol. The first kappa shape index (κ1) is 15.3. The highest BCUT2D eigenvalue weighted by molar-refractivity contribution is 7.20. The van der Waals surface area contributed by atoms with Gasteiger partial charge in [0.15, 0.2) is 0 Å². The van der Waals surface area contributed by atoms with Gasteiger partial charge in [-0.05, 0) is 44.2 Å². The van der Waals surface area contributed by atoms with E-state index < -0.39 is 0 Å². The molecule has 0 aliphatic carbocycles. The third-order valence-electron chi connectivity index (χ3n) is 3.67. The molecular formula is C17H17ClN2OS. The van der Waals surface area contributed by atoms with E-state index in [1.165, 1.54) is 17.0 Å². The van der Waals surface area contributed by atoms with Crippen LogP contribution in [0.4, 0.5) is 0 Å². The van der Waals surface area contributed by atoms with Crippen LogP contribution in [-0.2, 0) is 6.54 Å². The average molecular weight is 333 g/mol. The number of fused-ring (bicyclic) bond motifs is 1. The van der Waals surface area contributed by atoms with E-state index in [2.05, 4.69) is 17.6 Å². The molecule has 22 heavy (non-hydrogen) atoms. The minimum absolute atomic E-state index is 0.0201. The van der Waals surface area contributed by atoms with Gasteiger partial charge in [0.25, 0.3) is 0 Å². The summed E-state index contributed by atoms with van der Waals surface area (Å²) in [5.41, 5.74) is 7.44. The molecule has 0 saturated carbocycles. The minimum atomic E-state index is 0.0201. The molecule has 2 heterocycles. The van der Waals surface area contributed by atoms with Crippen molar-refractivity contribution >= 4 is 38.9 Å². The first-order valence-electron chi connectivity index (χ1n) is 7.20. The number of hydrogen-bond acceptors (Lipinski definition) is 3. The molecule has 0 aliphatic heterocycles. The molecule has 3 nitrogen and oxygen atoms in total. The summed E-state index contributed by atoms with van der Waals surface area (Å²) in [5.74, 6) is 0.0201. The summed E-state index contributed by atoms with van der Waals surface area (Å²) in [6.07, 6.45) is 0.931. The molecule has 3 rings (SSSR count).